The van der Waals surface area contributed by atoms with Crippen molar-refractivity contribution in [3.05, 3.63) is 0 Å². The Labute approximate surface area is 282 Å². The lowest BCUT2D eigenvalue weighted by Gasteiger charge is -2.22. The lowest BCUT2D eigenvalue weighted by molar-refractivity contribution is 0.283. The smallest absolute Gasteiger partial charge is 0.0360 e. The zero-order valence-electron chi connectivity index (χ0n) is 36.7. The summed E-state index contributed by atoms with van der Waals surface area (Å²) in [4.78, 5) is 0. The molecule has 0 unspecified atom stereocenters. The van der Waals surface area contributed by atoms with Crippen LogP contribution in [-0.4, -0.2) is 0 Å². The fourth-order valence-electron chi connectivity index (χ4n) is 1.89. The average Bonchev–Trinajstić information content (AvgIpc) is 2.82. The van der Waals surface area contributed by atoms with Crippen LogP contribution in [0.1, 0.15) is 213 Å². The van der Waals surface area contributed by atoms with Gasteiger partial charge in [0.25, 0.3) is 0 Å². The second-order valence-corrected chi connectivity index (χ2v) is 17.8. The SMILES string of the molecule is CC(C)C.CC(C)C(C)(C)C.CC(C)C(C)C.CC(C)CC(C)C.CCC(C)C.CC[C@@H](C)C(C)C.CC[C@H](C)C(C)C. The zero-order valence-corrected chi connectivity index (χ0v) is 36.7. The van der Waals surface area contributed by atoms with Crippen molar-refractivity contribution in [2.24, 2.45) is 70.5 Å². The first-order valence-corrected chi connectivity index (χ1v) is 19.1. The first-order valence-electron chi connectivity index (χ1n) is 19.1. The van der Waals surface area contributed by atoms with Gasteiger partial charge in [0.2, 0.25) is 0 Å². The van der Waals surface area contributed by atoms with Crippen LogP contribution in [0, 0.1) is 70.5 Å². The van der Waals surface area contributed by atoms with Crippen LogP contribution in [0.25, 0.3) is 0 Å². The van der Waals surface area contributed by atoms with Gasteiger partial charge in [-0.25, -0.2) is 0 Å². The molecule has 2 atom stereocenters. The molecule has 0 bridgehead atoms. The monoisotopic (exact) mass is 617 g/mol. The van der Waals surface area contributed by atoms with E-state index in [4.69, 9.17) is 0 Å². The highest BCUT2D eigenvalue weighted by Gasteiger charge is 2.13. The molecule has 0 radical (unpaired) electrons. The summed E-state index contributed by atoms with van der Waals surface area (Å²) < 4.78 is 0. The van der Waals surface area contributed by atoms with Crippen molar-refractivity contribution in [1.29, 1.82) is 0 Å². The second kappa shape index (κ2) is 38.2. The molecule has 0 rings (SSSR count). The Morgan fingerprint density at radius 1 is 0.349 bits per heavy atom. The standard InChI is InChI=1S/4C7H16.C6H14.C5H12.C4H10/c1-6(2)7(3,4)5;1-6(2)5-7(3)4;2*1-5-7(4)6(2)3;1-5(2)6(3)4;1-4-5(2)3;1-4(2)3/h6H,1-5H3;3*6-7H,5H2,1-4H3;5-6H,1-4H3;5H,4H2,1-3H3;4H,1-3H3/t;;2*7-;;;/m..10.../s1. The summed E-state index contributed by atoms with van der Waals surface area (Å²) in [5, 5.41) is 0. The van der Waals surface area contributed by atoms with Gasteiger partial charge >= 0.3 is 0 Å². The van der Waals surface area contributed by atoms with E-state index in [0.29, 0.717) is 5.41 Å². The minimum Gasteiger partial charge on any atom is -0.0651 e. The maximum Gasteiger partial charge on any atom is -0.0360 e. The molecule has 0 heteroatoms. The molecule has 0 aliphatic rings. The van der Waals surface area contributed by atoms with Gasteiger partial charge in [-0.05, 0) is 76.9 Å². The molecule has 43 heavy (non-hydrogen) atoms. The molecule has 0 aromatic heterocycles. The summed E-state index contributed by atoms with van der Waals surface area (Å²) in [6, 6.07) is 0. The highest BCUT2D eigenvalue weighted by atomic mass is 14.2. The van der Waals surface area contributed by atoms with E-state index >= 15 is 0 Å². The quantitative estimate of drug-likeness (QED) is 0.254. The topological polar surface area (TPSA) is 0 Å². The van der Waals surface area contributed by atoms with Gasteiger partial charge in [0.1, 0.15) is 0 Å². The Hall–Kier alpha value is 0. The van der Waals surface area contributed by atoms with Crippen molar-refractivity contribution < 1.29 is 0 Å². The van der Waals surface area contributed by atoms with Crippen LogP contribution in [0.5, 0.6) is 0 Å². The van der Waals surface area contributed by atoms with Crippen molar-refractivity contribution in [2.75, 3.05) is 0 Å². The van der Waals surface area contributed by atoms with Crippen LogP contribution in [-0.2, 0) is 0 Å². The van der Waals surface area contributed by atoms with E-state index in [9.17, 15) is 0 Å². The predicted octanol–water partition coefficient (Wildman–Crippen LogP) is 16.8. The molecule has 0 fully saturated rings. The summed E-state index contributed by atoms with van der Waals surface area (Å²) in [5.41, 5.74) is 0.500. The number of rotatable bonds is 8. The van der Waals surface area contributed by atoms with Crippen LogP contribution in [0.15, 0.2) is 0 Å². The van der Waals surface area contributed by atoms with Gasteiger partial charge in [-0.3, -0.25) is 0 Å². The first kappa shape index (κ1) is 58.5. The van der Waals surface area contributed by atoms with Crippen molar-refractivity contribution in [3.63, 3.8) is 0 Å². The molecule has 0 spiro atoms. The maximum absolute atomic E-state index is 2.30. The van der Waals surface area contributed by atoms with Crippen LogP contribution in [0.4, 0.5) is 0 Å². The second-order valence-electron chi connectivity index (χ2n) is 17.8. The molecule has 272 valence electrons. The van der Waals surface area contributed by atoms with E-state index in [1.807, 2.05) is 0 Å². The summed E-state index contributed by atoms with van der Waals surface area (Å²) in [5.74, 6) is 9.51. The summed E-state index contributed by atoms with van der Waals surface area (Å²) >= 11 is 0. The molecule has 0 aliphatic carbocycles. The summed E-state index contributed by atoms with van der Waals surface area (Å²) in [6.07, 6.45) is 5.30. The minimum atomic E-state index is 0.500. The molecule has 0 aromatic carbocycles. The molecule has 0 saturated heterocycles. The molecule has 0 amide bonds. The van der Waals surface area contributed by atoms with Gasteiger partial charge < -0.3 is 0 Å². The third-order valence-corrected chi connectivity index (χ3v) is 8.39. The maximum atomic E-state index is 2.30. The normalized spacial score (nSPS) is 12.3. The largest absolute Gasteiger partial charge is 0.0651 e. The molecule has 0 nitrogen and oxygen atoms in total. The van der Waals surface area contributed by atoms with Gasteiger partial charge in [0.15, 0.2) is 0 Å². The van der Waals surface area contributed by atoms with Gasteiger partial charge in [0, 0.05) is 0 Å². The van der Waals surface area contributed by atoms with Crippen LogP contribution in [0.2, 0.25) is 0 Å². The average molecular weight is 617 g/mol. The Morgan fingerprint density at radius 3 is 0.535 bits per heavy atom. The molecule has 0 saturated carbocycles. The fourth-order valence-corrected chi connectivity index (χ4v) is 1.89. The van der Waals surface area contributed by atoms with Crippen LogP contribution in [0.3, 0.4) is 0 Å². The molecular formula is C43H100. The molecular weight excluding hydrogens is 516 g/mol. The van der Waals surface area contributed by atoms with Gasteiger partial charge in [-0.2, -0.15) is 0 Å². The summed E-state index contributed by atoms with van der Waals surface area (Å²) in [6.45, 7) is 60.6. The Balaban J connectivity index is -0.0000000708. The van der Waals surface area contributed by atoms with E-state index < -0.39 is 0 Å². The van der Waals surface area contributed by atoms with E-state index in [1.165, 1.54) is 25.7 Å². The summed E-state index contributed by atoms with van der Waals surface area (Å²) in [7, 11) is 0. The third kappa shape index (κ3) is 85.7. The van der Waals surface area contributed by atoms with Crippen molar-refractivity contribution in [1.82, 2.24) is 0 Å². The van der Waals surface area contributed by atoms with E-state index in [2.05, 4.69) is 187 Å². The van der Waals surface area contributed by atoms with E-state index in [1.54, 1.807) is 0 Å². The van der Waals surface area contributed by atoms with E-state index in [0.717, 1.165) is 65.1 Å². The van der Waals surface area contributed by atoms with Crippen molar-refractivity contribution >= 4 is 0 Å². The van der Waals surface area contributed by atoms with Crippen molar-refractivity contribution in [2.45, 2.75) is 213 Å². The van der Waals surface area contributed by atoms with Gasteiger partial charge in [-0.15, -0.1) is 0 Å². The van der Waals surface area contributed by atoms with Crippen LogP contribution < -0.4 is 0 Å². The van der Waals surface area contributed by atoms with Gasteiger partial charge in [0.05, 0.1) is 0 Å². The van der Waals surface area contributed by atoms with E-state index in [-0.39, 0.29) is 0 Å². The zero-order chi connectivity index (χ0) is 36.7. The lowest BCUT2D eigenvalue weighted by atomic mass is 9.84. The van der Waals surface area contributed by atoms with Crippen LogP contribution >= 0.6 is 0 Å². The minimum absolute atomic E-state index is 0.500. The highest BCUT2D eigenvalue weighted by Crippen LogP contribution is 2.23. The third-order valence-electron chi connectivity index (χ3n) is 8.39. The lowest BCUT2D eigenvalue weighted by Crippen LogP contribution is -2.12. The Kier molecular flexibility index (Phi) is 52.0. The Bertz CT molecular complexity index is 410. The number of hydrogen-bond acceptors (Lipinski definition) is 0. The molecule has 0 aliphatic heterocycles. The molecule has 0 N–H and O–H groups in total. The Morgan fingerprint density at radius 2 is 0.535 bits per heavy atom. The molecule has 0 aromatic rings. The van der Waals surface area contributed by atoms with Crippen molar-refractivity contribution in [3.8, 4) is 0 Å². The molecule has 0 heterocycles. The first-order chi connectivity index (χ1) is 19.1. The number of hydrogen-bond donors (Lipinski definition) is 0. The highest BCUT2D eigenvalue weighted by molar-refractivity contribution is 4.64. The van der Waals surface area contributed by atoms with Gasteiger partial charge in [-0.1, -0.05) is 206 Å². The fraction of sp³-hybridized carbons (Fsp3) is 1.00. The predicted molar refractivity (Wildman–Crippen MR) is 212 cm³/mol.